The predicted molar refractivity (Wildman–Crippen MR) is 123 cm³/mol. The molecule has 1 aromatic carbocycles. The molecule has 1 aromatic rings. The molecule has 0 radical (unpaired) electrons. The van der Waals surface area contributed by atoms with E-state index in [0.29, 0.717) is 19.0 Å². The van der Waals surface area contributed by atoms with Crippen LogP contribution in [0.2, 0.25) is 0 Å². The van der Waals surface area contributed by atoms with Gasteiger partial charge < -0.3 is 25.2 Å². The first-order valence-electron chi connectivity index (χ1n) is 10.8. The summed E-state index contributed by atoms with van der Waals surface area (Å²) in [5, 5.41) is 6.84. The average Bonchev–Trinajstić information content (AvgIpc) is 2.69. The second-order valence-electron chi connectivity index (χ2n) is 9.21. The Kier molecular flexibility index (Phi) is 8.96. The Morgan fingerprint density at radius 1 is 1.17 bits per heavy atom. The van der Waals surface area contributed by atoms with Crippen LogP contribution >= 0.6 is 0 Å². The second kappa shape index (κ2) is 11.2. The maximum atomic E-state index is 12.1. The van der Waals surface area contributed by atoms with E-state index in [1.807, 2.05) is 32.9 Å². The third kappa shape index (κ3) is 8.61. The van der Waals surface area contributed by atoms with Gasteiger partial charge in [0.2, 0.25) is 0 Å². The van der Waals surface area contributed by atoms with Crippen molar-refractivity contribution in [1.29, 1.82) is 0 Å². The average molecular weight is 418 g/mol. The van der Waals surface area contributed by atoms with Gasteiger partial charge in [0.15, 0.2) is 5.96 Å². The van der Waals surface area contributed by atoms with Gasteiger partial charge in [0.1, 0.15) is 5.60 Å². The topological polar surface area (TPSA) is 69.2 Å². The molecule has 1 aliphatic heterocycles. The molecule has 1 aliphatic rings. The first kappa shape index (κ1) is 24.0. The molecule has 30 heavy (non-hydrogen) atoms. The summed E-state index contributed by atoms with van der Waals surface area (Å²) in [6.45, 7) is 10.1. The minimum Gasteiger partial charge on any atom is -0.444 e. The summed E-state index contributed by atoms with van der Waals surface area (Å²) in [6, 6.07) is 8.25. The fourth-order valence-electron chi connectivity index (χ4n) is 3.35. The van der Waals surface area contributed by atoms with E-state index in [1.54, 1.807) is 19.0 Å². The van der Waals surface area contributed by atoms with Crippen molar-refractivity contribution in [2.24, 2.45) is 10.9 Å². The van der Waals surface area contributed by atoms with Crippen molar-refractivity contribution < 1.29 is 9.53 Å². The first-order valence-corrected chi connectivity index (χ1v) is 10.8. The van der Waals surface area contributed by atoms with Crippen LogP contribution in [0.15, 0.2) is 29.3 Å². The number of nitrogens with one attached hydrogen (secondary N) is 2. The zero-order valence-electron chi connectivity index (χ0n) is 19.5. The fraction of sp³-hybridized carbons (Fsp3) is 0.652. The standard InChI is InChI=1S/C23H39N5O2/c1-23(2,3)30-22(29)28(6)17-20-9-7-18(8-10-20)15-25-21(24-4)26-16-19-11-13-27(5)14-12-19/h7-10,19H,11-17H2,1-6H3,(H2,24,25,26). The van der Waals surface area contributed by atoms with E-state index in [0.717, 1.165) is 18.1 Å². The Morgan fingerprint density at radius 3 is 2.33 bits per heavy atom. The van der Waals surface area contributed by atoms with E-state index < -0.39 is 5.60 Å². The van der Waals surface area contributed by atoms with Crippen LogP contribution in [0.1, 0.15) is 44.7 Å². The van der Waals surface area contributed by atoms with Crippen molar-refractivity contribution in [2.75, 3.05) is 40.8 Å². The molecule has 0 aromatic heterocycles. The Hall–Kier alpha value is -2.28. The zero-order valence-corrected chi connectivity index (χ0v) is 19.5. The van der Waals surface area contributed by atoms with Crippen molar-refractivity contribution in [3.63, 3.8) is 0 Å². The van der Waals surface area contributed by atoms with Crippen molar-refractivity contribution >= 4 is 12.1 Å². The van der Waals surface area contributed by atoms with E-state index in [4.69, 9.17) is 4.74 Å². The van der Waals surface area contributed by atoms with Crippen LogP contribution in [-0.4, -0.2) is 68.2 Å². The third-order valence-electron chi connectivity index (χ3n) is 5.23. The number of guanidine groups is 1. The monoisotopic (exact) mass is 417 g/mol. The summed E-state index contributed by atoms with van der Waals surface area (Å²) in [6.07, 6.45) is 2.16. The Morgan fingerprint density at radius 2 is 1.77 bits per heavy atom. The van der Waals surface area contributed by atoms with Gasteiger partial charge >= 0.3 is 6.09 Å². The molecule has 2 N–H and O–H groups in total. The lowest BCUT2D eigenvalue weighted by Gasteiger charge is -2.29. The van der Waals surface area contributed by atoms with Gasteiger partial charge in [-0.1, -0.05) is 24.3 Å². The molecule has 0 aliphatic carbocycles. The molecule has 0 spiro atoms. The number of carbonyl (C=O) groups is 1. The Bertz CT molecular complexity index is 689. The highest BCUT2D eigenvalue weighted by Crippen LogP contribution is 2.15. The van der Waals surface area contributed by atoms with Crippen LogP contribution in [0.5, 0.6) is 0 Å². The maximum absolute atomic E-state index is 12.1. The lowest BCUT2D eigenvalue weighted by molar-refractivity contribution is 0.0285. The van der Waals surface area contributed by atoms with Crippen LogP contribution < -0.4 is 10.6 Å². The van der Waals surface area contributed by atoms with Crippen molar-refractivity contribution in [3.8, 4) is 0 Å². The molecule has 7 heteroatoms. The predicted octanol–water partition coefficient (Wildman–Crippen LogP) is 3.06. The van der Waals surface area contributed by atoms with Crippen molar-refractivity contribution in [2.45, 2.75) is 52.3 Å². The highest BCUT2D eigenvalue weighted by Gasteiger charge is 2.19. The molecule has 1 heterocycles. The van der Waals surface area contributed by atoms with Crippen LogP contribution in [0.4, 0.5) is 4.79 Å². The van der Waals surface area contributed by atoms with Crippen LogP contribution in [-0.2, 0) is 17.8 Å². The van der Waals surface area contributed by atoms with Gasteiger partial charge in [-0.15, -0.1) is 0 Å². The van der Waals surface area contributed by atoms with Crippen molar-refractivity contribution in [1.82, 2.24) is 20.4 Å². The Labute approximate surface area is 181 Å². The number of likely N-dealkylation sites (tertiary alicyclic amines) is 1. The second-order valence-corrected chi connectivity index (χ2v) is 9.21. The number of aliphatic imine (C=N–C) groups is 1. The number of piperidine rings is 1. The summed E-state index contributed by atoms with van der Waals surface area (Å²) in [5.74, 6) is 1.55. The molecule has 0 atom stereocenters. The quantitative estimate of drug-likeness (QED) is 0.550. The first-order chi connectivity index (χ1) is 14.2. The van der Waals surface area contributed by atoms with Gasteiger partial charge in [0.05, 0.1) is 0 Å². The van der Waals surface area contributed by atoms with Gasteiger partial charge in [0.25, 0.3) is 0 Å². The molecule has 0 unspecified atom stereocenters. The van der Waals surface area contributed by atoms with Gasteiger partial charge in [-0.25, -0.2) is 4.79 Å². The maximum Gasteiger partial charge on any atom is 0.410 e. The summed E-state index contributed by atoms with van der Waals surface area (Å²) in [7, 11) is 5.74. The number of carbonyl (C=O) groups excluding carboxylic acids is 1. The zero-order chi connectivity index (χ0) is 22.1. The SMILES string of the molecule is CN=C(NCc1ccc(CN(C)C(=O)OC(C)(C)C)cc1)NCC1CCN(C)CC1. The van der Waals surface area contributed by atoms with Gasteiger partial charge in [-0.05, 0) is 70.8 Å². The highest BCUT2D eigenvalue weighted by molar-refractivity contribution is 5.79. The molecule has 7 nitrogen and oxygen atoms in total. The largest absolute Gasteiger partial charge is 0.444 e. The molecule has 1 fully saturated rings. The lowest BCUT2D eigenvalue weighted by Crippen LogP contribution is -2.42. The lowest BCUT2D eigenvalue weighted by atomic mass is 9.97. The third-order valence-corrected chi connectivity index (χ3v) is 5.23. The smallest absolute Gasteiger partial charge is 0.410 e. The van der Waals surface area contributed by atoms with Crippen LogP contribution in [0.25, 0.3) is 0 Å². The summed E-state index contributed by atoms with van der Waals surface area (Å²) in [4.78, 5) is 20.4. The molecule has 1 saturated heterocycles. The van der Waals surface area contributed by atoms with Gasteiger partial charge in [0, 0.05) is 33.7 Å². The van der Waals surface area contributed by atoms with Gasteiger partial charge in [-0.2, -0.15) is 0 Å². The van der Waals surface area contributed by atoms with E-state index in [9.17, 15) is 4.79 Å². The van der Waals surface area contributed by atoms with E-state index in [-0.39, 0.29) is 6.09 Å². The number of rotatable bonds is 6. The fourth-order valence-corrected chi connectivity index (χ4v) is 3.35. The van der Waals surface area contributed by atoms with Crippen LogP contribution in [0, 0.1) is 5.92 Å². The molecule has 0 bridgehead atoms. The summed E-state index contributed by atoms with van der Waals surface area (Å²) in [5.41, 5.74) is 1.75. The molecule has 1 amide bonds. The highest BCUT2D eigenvalue weighted by atomic mass is 16.6. The molecule has 168 valence electrons. The number of amides is 1. The van der Waals surface area contributed by atoms with Gasteiger partial charge in [-0.3, -0.25) is 4.99 Å². The van der Waals surface area contributed by atoms with Crippen LogP contribution in [0.3, 0.4) is 0 Å². The number of ether oxygens (including phenoxy) is 1. The molecular weight excluding hydrogens is 378 g/mol. The summed E-state index contributed by atoms with van der Waals surface area (Å²) < 4.78 is 5.40. The van der Waals surface area contributed by atoms with E-state index >= 15 is 0 Å². The number of hydrogen-bond acceptors (Lipinski definition) is 4. The number of nitrogens with zero attached hydrogens (tertiary/aromatic N) is 3. The molecule has 0 saturated carbocycles. The van der Waals surface area contributed by atoms with E-state index in [1.165, 1.54) is 31.5 Å². The minimum atomic E-state index is -0.485. The normalized spacial score (nSPS) is 16.3. The number of benzene rings is 1. The number of hydrogen-bond donors (Lipinski definition) is 2. The summed E-state index contributed by atoms with van der Waals surface area (Å²) >= 11 is 0. The molecular formula is C23H39N5O2. The van der Waals surface area contributed by atoms with Crippen molar-refractivity contribution in [3.05, 3.63) is 35.4 Å². The Balaban J connectivity index is 1.75. The molecule has 2 rings (SSSR count). The van der Waals surface area contributed by atoms with E-state index in [2.05, 4.69) is 39.7 Å². The minimum absolute atomic E-state index is 0.312.